The first-order valence-electron chi connectivity index (χ1n) is 6.08. The third-order valence-corrected chi connectivity index (χ3v) is 4.40. The molecule has 1 aromatic heterocycles. The molecule has 0 bridgehead atoms. The van der Waals surface area contributed by atoms with Crippen LogP contribution in [0.3, 0.4) is 0 Å². The SMILES string of the molecule is Cc1nc(N2CCN3C(=O)NCC3C2)ccc1Br. The molecule has 0 saturated carbocycles. The molecule has 0 spiro atoms. The van der Waals surface area contributed by atoms with Crippen molar-refractivity contribution in [2.24, 2.45) is 0 Å². The molecular formula is C12H15BrN4O. The monoisotopic (exact) mass is 310 g/mol. The van der Waals surface area contributed by atoms with E-state index < -0.39 is 0 Å². The highest BCUT2D eigenvalue weighted by atomic mass is 79.9. The fourth-order valence-corrected chi connectivity index (χ4v) is 2.74. The number of halogens is 1. The number of carbonyl (C=O) groups excluding carboxylic acids is 1. The maximum atomic E-state index is 11.5. The van der Waals surface area contributed by atoms with Gasteiger partial charge in [0.2, 0.25) is 0 Å². The first kappa shape index (κ1) is 11.8. The topological polar surface area (TPSA) is 48.5 Å². The minimum Gasteiger partial charge on any atom is -0.353 e. The molecule has 1 unspecified atom stereocenters. The molecule has 0 aromatic carbocycles. The first-order valence-corrected chi connectivity index (χ1v) is 6.87. The van der Waals surface area contributed by atoms with Gasteiger partial charge in [-0.15, -0.1) is 0 Å². The highest BCUT2D eigenvalue weighted by Crippen LogP contribution is 2.22. The van der Waals surface area contributed by atoms with Crippen molar-refractivity contribution < 1.29 is 4.79 Å². The van der Waals surface area contributed by atoms with Gasteiger partial charge in [-0.3, -0.25) is 0 Å². The Morgan fingerprint density at radius 3 is 3.06 bits per heavy atom. The number of nitrogens with one attached hydrogen (secondary N) is 1. The molecule has 1 N–H and O–H groups in total. The zero-order valence-electron chi connectivity index (χ0n) is 10.2. The lowest BCUT2D eigenvalue weighted by atomic mass is 10.2. The predicted octanol–water partition coefficient (Wildman–Crippen LogP) is 1.37. The maximum Gasteiger partial charge on any atom is 0.317 e. The van der Waals surface area contributed by atoms with Gasteiger partial charge in [-0.05, 0) is 35.0 Å². The van der Waals surface area contributed by atoms with Crippen LogP contribution in [-0.4, -0.2) is 48.1 Å². The number of hydrogen-bond donors (Lipinski definition) is 1. The molecule has 0 aliphatic carbocycles. The second-order valence-corrected chi connectivity index (χ2v) is 5.57. The van der Waals surface area contributed by atoms with Gasteiger partial charge in [0.05, 0.1) is 11.7 Å². The molecule has 96 valence electrons. The van der Waals surface area contributed by atoms with E-state index in [1.54, 1.807) is 0 Å². The van der Waals surface area contributed by atoms with Crippen molar-refractivity contribution in [1.82, 2.24) is 15.2 Å². The van der Waals surface area contributed by atoms with Crippen LogP contribution in [0.5, 0.6) is 0 Å². The lowest BCUT2D eigenvalue weighted by Crippen LogP contribution is -2.52. The zero-order valence-corrected chi connectivity index (χ0v) is 11.8. The molecule has 0 radical (unpaired) electrons. The third-order valence-electron chi connectivity index (χ3n) is 3.56. The molecule has 3 heterocycles. The highest BCUT2D eigenvalue weighted by molar-refractivity contribution is 9.10. The van der Waals surface area contributed by atoms with Crippen LogP contribution >= 0.6 is 15.9 Å². The van der Waals surface area contributed by atoms with E-state index in [1.807, 2.05) is 24.0 Å². The Kier molecular flexibility index (Phi) is 2.89. The Morgan fingerprint density at radius 1 is 1.44 bits per heavy atom. The Balaban J connectivity index is 1.78. The van der Waals surface area contributed by atoms with Gasteiger partial charge < -0.3 is 15.1 Å². The highest BCUT2D eigenvalue weighted by Gasteiger charge is 2.35. The Morgan fingerprint density at radius 2 is 2.28 bits per heavy atom. The first-order chi connectivity index (χ1) is 8.65. The quantitative estimate of drug-likeness (QED) is 0.852. The number of rotatable bonds is 1. The number of amides is 2. The van der Waals surface area contributed by atoms with Crippen molar-refractivity contribution in [2.45, 2.75) is 13.0 Å². The van der Waals surface area contributed by atoms with Gasteiger partial charge in [-0.1, -0.05) is 0 Å². The van der Waals surface area contributed by atoms with Crippen LogP contribution < -0.4 is 10.2 Å². The molecule has 1 aromatic rings. The largest absolute Gasteiger partial charge is 0.353 e. The molecular weight excluding hydrogens is 296 g/mol. The summed E-state index contributed by atoms with van der Waals surface area (Å²) in [5.74, 6) is 0.995. The van der Waals surface area contributed by atoms with Crippen LogP contribution in [0.2, 0.25) is 0 Å². The van der Waals surface area contributed by atoms with Crippen molar-refractivity contribution in [2.75, 3.05) is 31.1 Å². The number of hydrogen-bond acceptors (Lipinski definition) is 3. The van der Waals surface area contributed by atoms with Crippen LogP contribution in [0.1, 0.15) is 5.69 Å². The molecule has 5 nitrogen and oxygen atoms in total. The number of aromatic nitrogens is 1. The van der Waals surface area contributed by atoms with Crippen molar-refractivity contribution >= 4 is 27.8 Å². The van der Waals surface area contributed by atoms with Gasteiger partial charge in [-0.2, -0.15) is 0 Å². The third kappa shape index (κ3) is 1.94. The zero-order chi connectivity index (χ0) is 12.7. The van der Waals surface area contributed by atoms with Gasteiger partial charge in [0, 0.05) is 30.7 Å². The number of anilines is 1. The average Bonchev–Trinajstić information content (AvgIpc) is 2.74. The summed E-state index contributed by atoms with van der Waals surface area (Å²) in [6.45, 7) is 5.20. The normalized spacial score (nSPS) is 23.0. The van der Waals surface area contributed by atoms with E-state index in [9.17, 15) is 4.79 Å². The van der Waals surface area contributed by atoms with Crippen molar-refractivity contribution in [3.05, 3.63) is 22.3 Å². The number of pyridine rings is 1. The van der Waals surface area contributed by atoms with E-state index >= 15 is 0 Å². The summed E-state index contributed by atoms with van der Waals surface area (Å²) < 4.78 is 1.03. The molecule has 1 atom stereocenters. The predicted molar refractivity (Wildman–Crippen MR) is 72.8 cm³/mol. The van der Waals surface area contributed by atoms with E-state index in [1.165, 1.54) is 0 Å². The van der Waals surface area contributed by atoms with E-state index in [0.29, 0.717) is 0 Å². The van der Waals surface area contributed by atoms with Crippen LogP contribution in [-0.2, 0) is 0 Å². The smallest absolute Gasteiger partial charge is 0.317 e. The average molecular weight is 311 g/mol. The van der Waals surface area contributed by atoms with Crippen LogP contribution in [0.25, 0.3) is 0 Å². The van der Waals surface area contributed by atoms with E-state index in [0.717, 1.165) is 42.2 Å². The fraction of sp³-hybridized carbons (Fsp3) is 0.500. The summed E-state index contributed by atoms with van der Waals surface area (Å²) >= 11 is 3.46. The summed E-state index contributed by atoms with van der Waals surface area (Å²) in [6, 6.07) is 4.40. The Bertz CT molecular complexity index is 493. The summed E-state index contributed by atoms with van der Waals surface area (Å²) in [7, 11) is 0. The minimum atomic E-state index is 0.0691. The molecule has 2 saturated heterocycles. The van der Waals surface area contributed by atoms with Gasteiger partial charge in [0.15, 0.2) is 0 Å². The summed E-state index contributed by atoms with van der Waals surface area (Å²) in [6.07, 6.45) is 0. The number of aryl methyl sites for hydroxylation is 1. The van der Waals surface area contributed by atoms with Crippen LogP contribution in [0.15, 0.2) is 16.6 Å². The second kappa shape index (κ2) is 4.42. The summed E-state index contributed by atoms with van der Waals surface area (Å²) in [5, 5.41) is 2.89. The summed E-state index contributed by atoms with van der Waals surface area (Å²) in [4.78, 5) is 20.3. The molecule has 2 aliphatic heterocycles. The fourth-order valence-electron chi connectivity index (χ4n) is 2.52. The van der Waals surface area contributed by atoms with Gasteiger partial charge >= 0.3 is 6.03 Å². The molecule has 18 heavy (non-hydrogen) atoms. The minimum absolute atomic E-state index is 0.0691. The van der Waals surface area contributed by atoms with Crippen molar-refractivity contribution in [3.8, 4) is 0 Å². The van der Waals surface area contributed by atoms with Crippen molar-refractivity contribution in [1.29, 1.82) is 0 Å². The molecule has 2 amide bonds. The molecule has 6 heteroatoms. The number of urea groups is 1. The van der Waals surface area contributed by atoms with Gasteiger partial charge in [0.25, 0.3) is 0 Å². The number of carbonyl (C=O) groups is 1. The lowest BCUT2D eigenvalue weighted by Gasteiger charge is -2.37. The van der Waals surface area contributed by atoms with Crippen LogP contribution in [0, 0.1) is 6.92 Å². The number of fused-ring (bicyclic) bond motifs is 1. The molecule has 2 aliphatic rings. The van der Waals surface area contributed by atoms with Gasteiger partial charge in [-0.25, -0.2) is 9.78 Å². The Hall–Kier alpha value is -1.30. The Labute approximate surface area is 114 Å². The van der Waals surface area contributed by atoms with Crippen molar-refractivity contribution in [3.63, 3.8) is 0 Å². The number of piperazine rings is 1. The van der Waals surface area contributed by atoms with Gasteiger partial charge in [0.1, 0.15) is 5.82 Å². The number of nitrogens with zero attached hydrogens (tertiary/aromatic N) is 3. The van der Waals surface area contributed by atoms with E-state index in [-0.39, 0.29) is 12.1 Å². The summed E-state index contributed by atoms with van der Waals surface area (Å²) in [5.41, 5.74) is 0.996. The maximum absolute atomic E-state index is 11.5. The van der Waals surface area contributed by atoms with E-state index in [2.05, 4.69) is 31.1 Å². The second-order valence-electron chi connectivity index (χ2n) is 4.72. The van der Waals surface area contributed by atoms with Crippen LogP contribution in [0.4, 0.5) is 10.6 Å². The molecule has 3 rings (SSSR count). The molecule has 2 fully saturated rings. The van der Waals surface area contributed by atoms with E-state index in [4.69, 9.17) is 0 Å². The lowest BCUT2D eigenvalue weighted by molar-refractivity contribution is 0.197. The standard InChI is InChI=1S/C12H15BrN4O/c1-8-10(13)2-3-11(15-8)16-4-5-17-9(7-16)6-14-12(17)18/h2-3,9H,4-7H2,1H3,(H,14,18).